The Hall–Kier alpha value is -2.04. The smallest absolute Gasteiger partial charge is 0.253 e. The van der Waals surface area contributed by atoms with E-state index in [2.05, 4.69) is 10.2 Å². The molecule has 2 N–H and O–H groups in total. The molecule has 0 aliphatic carbocycles. The maximum Gasteiger partial charge on any atom is 0.253 e. The highest BCUT2D eigenvalue weighted by Crippen LogP contribution is 2.21. The topological polar surface area (TPSA) is 74.2 Å². The molecule has 90 valence electrons. The summed E-state index contributed by atoms with van der Waals surface area (Å²) in [6, 6.07) is 5.50. The third kappa shape index (κ3) is 2.75. The van der Waals surface area contributed by atoms with Crippen molar-refractivity contribution in [2.24, 2.45) is 0 Å². The molecule has 0 amide bonds. The van der Waals surface area contributed by atoms with Gasteiger partial charge in [0.2, 0.25) is 5.89 Å². The fourth-order valence-electron chi connectivity index (χ4n) is 1.46. The lowest BCUT2D eigenvalue weighted by Crippen LogP contribution is -1.98. The van der Waals surface area contributed by atoms with Gasteiger partial charge in [0.05, 0.1) is 0 Å². The first kappa shape index (κ1) is 11.4. The molecule has 2 rings (SSSR count). The van der Waals surface area contributed by atoms with Crippen molar-refractivity contribution in [2.45, 2.75) is 26.9 Å². The predicted octanol–water partition coefficient (Wildman–Crippen LogP) is 2.10. The first-order valence-corrected chi connectivity index (χ1v) is 5.49. The van der Waals surface area contributed by atoms with Crippen LogP contribution in [0.2, 0.25) is 0 Å². The molecule has 5 heteroatoms. The van der Waals surface area contributed by atoms with Gasteiger partial charge in [0.1, 0.15) is 5.75 Å². The van der Waals surface area contributed by atoms with Crippen LogP contribution in [0.25, 0.3) is 0 Å². The zero-order chi connectivity index (χ0) is 12.3. The van der Waals surface area contributed by atoms with Gasteiger partial charge in [-0.3, -0.25) is 0 Å². The van der Waals surface area contributed by atoms with Gasteiger partial charge in [0, 0.05) is 12.1 Å². The number of aromatic nitrogens is 2. The Morgan fingerprint density at radius 2 is 2.06 bits per heavy atom. The molecule has 0 atom stereocenters. The summed E-state index contributed by atoms with van der Waals surface area (Å²) in [7, 11) is 0. The molecule has 1 aromatic carbocycles. The molecular weight excluding hydrogens is 218 g/mol. The zero-order valence-electron chi connectivity index (χ0n) is 9.93. The standard InChI is InChI=1S/C12H15N3O2/c1-3-11-14-15-12(17-11)7-16-10-5-4-9(13)6-8(10)2/h4-6H,3,7,13H2,1-2H3. The van der Waals surface area contributed by atoms with Crippen LogP contribution >= 0.6 is 0 Å². The maximum absolute atomic E-state index is 5.66. The monoisotopic (exact) mass is 233 g/mol. The number of nitrogen functional groups attached to an aromatic ring is 1. The number of rotatable bonds is 4. The van der Waals surface area contributed by atoms with Crippen molar-refractivity contribution in [3.63, 3.8) is 0 Å². The molecule has 2 aromatic rings. The summed E-state index contributed by atoms with van der Waals surface area (Å²) in [6.07, 6.45) is 0.730. The minimum Gasteiger partial charge on any atom is -0.484 e. The van der Waals surface area contributed by atoms with Crippen LogP contribution < -0.4 is 10.5 Å². The first-order chi connectivity index (χ1) is 8.19. The van der Waals surface area contributed by atoms with Crippen LogP contribution in [0.4, 0.5) is 5.69 Å². The zero-order valence-corrected chi connectivity index (χ0v) is 9.93. The second kappa shape index (κ2) is 4.86. The minimum atomic E-state index is 0.276. The lowest BCUT2D eigenvalue weighted by atomic mass is 10.2. The molecule has 5 nitrogen and oxygen atoms in total. The summed E-state index contributed by atoms with van der Waals surface area (Å²) in [6.45, 7) is 4.18. The molecule has 0 unspecified atom stereocenters. The highest BCUT2D eigenvalue weighted by atomic mass is 16.5. The number of hydrogen-bond acceptors (Lipinski definition) is 5. The molecule has 0 saturated heterocycles. The van der Waals surface area contributed by atoms with E-state index in [1.165, 1.54) is 0 Å². The van der Waals surface area contributed by atoms with Crippen LogP contribution in [0.1, 0.15) is 24.3 Å². The van der Waals surface area contributed by atoms with Gasteiger partial charge in [-0.25, -0.2) is 0 Å². The van der Waals surface area contributed by atoms with E-state index in [0.29, 0.717) is 11.8 Å². The highest BCUT2D eigenvalue weighted by molar-refractivity contribution is 5.47. The van der Waals surface area contributed by atoms with Crippen molar-refractivity contribution in [1.29, 1.82) is 0 Å². The Balaban J connectivity index is 2.02. The molecule has 0 aliphatic rings. The summed E-state index contributed by atoms with van der Waals surface area (Å²) in [5.74, 6) is 1.88. The third-order valence-electron chi connectivity index (χ3n) is 2.36. The van der Waals surface area contributed by atoms with Gasteiger partial charge < -0.3 is 14.9 Å². The van der Waals surface area contributed by atoms with E-state index >= 15 is 0 Å². The number of nitrogens with two attached hydrogens (primary N) is 1. The lowest BCUT2D eigenvalue weighted by molar-refractivity contribution is 0.258. The predicted molar refractivity (Wildman–Crippen MR) is 63.6 cm³/mol. The van der Waals surface area contributed by atoms with Gasteiger partial charge >= 0.3 is 0 Å². The summed E-state index contributed by atoms with van der Waals surface area (Å²) in [4.78, 5) is 0. The van der Waals surface area contributed by atoms with E-state index in [0.717, 1.165) is 23.4 Å². The molecule has 17 heavy (non-hydrogen) atoms. The fraction of sp³-hybridized carbons (Fsp3) is 0.333. The van der Waals surface area contributed by atoms with E-state index in [1.807, 2.05) is 26.0 Å². The summed E-state index contributed by atoms with van der Waals surface area (Å²) in [5, 5.41) is 7.75. The van der Waals surface area contributed by atoms with Crippen LogP contribution in [0.15, 0.2) is 22.6 Å². The fourth-order valence-corrected chi connectivity index (χ4v) is 1.46. The van der Waals surface area contributed by atoms with Crippen LogP contribution in [0.3, 0.4) is 0 Å². The van der Waals surface area contributed by atoms with Gasteiger partial charge in [-0.1, -0.05) is 6.92 Å². The van der Waals surface area contributed by atoms with Gasteiger partial charge in [0.15, 0.2) is 6.61 Å². The molecule has 0 fully saturated rings. The van der Waals surface area contributed by atoms with E-state index in [4.69, 9.17) is 14.9 Å². The van der Waals surface area contributed by atoms with Crippen molar-refractivity contribution in [3.05, 3.63) is 35.5 Å². The SMILES string of the molecule is CCc1nnc(COc2ccc(N)cc2C)o1. The molecule has 0 saturated carbocycles. The van der Waals surface area contributed by atoms with Gasteiger partial charge in [0.25, 0.3) is 5.89 Å². The number of anilines is 1. The van der Waals surface area contributed by atoms with Crippen molar-refractivity contribution in [2.75, 3.05) is 5.73 Å². The first-order valence-electron chi connectivity index (χ1n) is 5.49. The summed E-state index contributed by atoms with van der Waals surface area (Å²) < 4.78 is 10.9. The Morgan fingerprint density at radius 1 is 1.29 bits per heavy atom. The average molecular weight is 233 g/mol. The van der Waals surface area contributed by atoms with Gasteiger partial charge in [-0.15, -0.1) is 10.2 Å². The van der Waals surface area contributed by atoms with Crippen molar-refractivity contribution >= 4 is 5.69 Å². The molecule has 0 aliphatic heterocycles. The third-order valence-corrected chi connectivity index (χ3v) is 2.36. The van der Waals surface area contributed by atoms with E-state index in [1.54, 1.807) is 6.07 Å². The van der Waals surface area contributed by atoms with Crippen molar-refractivity contribution in [3.8, 4) is 5.75 Å². The molecule has 0 spiro atoms. The van der Waals surface area contributed by atoms with Crippen LogP contribution in [-0.4, -0.2) is 10.2 Å². The van der Waals surface area contributed by atoms with E-state index in [-0.39, 0.29) is 6.61 Å². The second-order valence-electron chi connectivity index (χ2n) is 3.76. The van der Waals surface area contributed by atoms with Gasteiger partial charge in [-0.2, -0.15) is 0 Å². The molecule has 1 heterocycles. The lowest BCUT2D eigenvalue weighted by Gasteiger charge is -2.07. The Kier molecular flexibility index (Phi) is 3.27. The molecule has 1 aromatic heterocycles. The van der Waals surface area contributed by atoms with Crippen molar-refractivity contribution in [1.82, 2.24) is 10.2 Å². The normalized spacial score (nSPS) is 10.5. The summed E-state index contributed by atoms with van der Waals surface area (Å²) >= 11 is 0. The average Bonchev–Trinajstić information content (AvgIpc) is 2.76. The molecule has 0 radical (unpaired) electrons. The van der Waals surface area contributed by atoms with Gasteiger partial charge in [-0.05, 0) is 30.7 Å². The minimum absolute atomic E-state index is 0.276. The molecular formula is C12H15N3O2. The molecule has 0 bridgehead atoms. The second-order valence-corrected chi connectivity index (χ2v) is 3.76. The number of aryl methyl sites for hydroxylation is 2. The Bertz CT molecular complexity index is 508. The number of ether oxygens (including phenoxy) is 1. The van der Waals surface area contributed by atoms with Crippen LogP contribution in [-0.2, 0) is 13.0 Å². The van der Waals surface area contributed by atoms with Crippen LogP contribution in [0.5, 0.6) is 5.75 Å². The maximum atomic E-state index is 5.66. The quantitative estimate of drug-likeness (QED) is 0.818. The Labute approximate surface area is 99.6 Å². The highest BCUT2D eigenvalue weighted by Gasteiger charge is 2.06. The van der Waals surface area contributed by atoms with Crippen LogP contribution in [0, 0.1) is 6.92 Å². The van der Waals surface area contributed by atoms with Crippen molar-refractivity contribution < 1.29 is 9.15 Å². The summed E-state index contributed by atoms with van der Waals surface area (Å²) in [5.41, 5.74) is 7.37. The number of benzene rings is 1. The Morgan fingerprint density at radius 3 is 2.71 bits per heavy atom. The van der Waals surface area contributed by atoms with E-state index < -0.39 is 0 Å². The largest absolute Gasteiger partial charge is 0.484 e. The number of hydrogen-bond donors (Lipinski definition) is 1. The number of nitrogens with zero attached hydrogens (tertiary/aromatic N) is 2. The van der Waals surface area contributed by atoms with E-state index in [9.17, 15) is 0 Å².